The zero-order chi connectivity index (χ0) is 12.4. The lowest BCUT2D eigenvalue weighted by Gasteiger charge is -2.08. The number of carbonyl (C=O) groups is 1. The molecule has 0 saturated carbocycles. The molecular weight excluding hydrogens is 214 g/mol. The summed E-state index contributed by atoms with van der Waals surface area (Å²) in [4.78, 5) is 11.7. The fourth-order valence-corrected chi connectivity index (χ4v) is 1.86. The van der Waals surface area contributed by atoms with Crippen LogP contribution in [0, 0.1) is 6.92 Å². The second-order valence-corrected chi connectivity index (χ2v) is 3.97. The predicted octanol–water partition coefficient (Wildman–Crippen LogP) is 2.91. The highest BCUT2D eigenvalue weighted by molar-refractivity contribution is 6.05. The number of nitrogens with two attached hydrogens (primary N) is 1. The molecule has 2 aromatic rings. The average molecular weight is 229 g/mol. The van der Waals surface area contributed by atoms with E-state index >= 15 is 0 Å². The van der Waals surface area contributed by atoms with Crippen molar-refractivity contribution in [1.29, 1.82) is 0 Å². The molecule has 17 heavy (non-hydrogen) atoms. The Kier molecular flexibility index (Phi) is 3.00. The SMILES string of the molecule is CCOC(=O)c1ccc2cc(C)ccc2c1N. The van der Waals surface area contributed by atoms with Crippen molar-refractivity contribution in [2.45, 2.75) is 13.8 Å². The van der Waals surface area contributed by atoms with Crippen LogP contribution in [0.4, 0.5) is 5.69 Å². The Balaban J connectivity index is 2.58. The van der Waals surface area contributed by atoms with Crippen LogP contribution in [0.3, 0.4) is 0 Å². The van der Waals surface area contributed by atoms with Gasteiger partial charge in [-0.05, 0) is 25.3 Å². The van der Waals surface area contributed by atoms with Crippen molar-refractivity contribution in [2.75, 3.05) is 12.3 Å². The molecule has 0 amide bonds. The Morgan fingerprint density at radius 2 is 2.06 bits per heavy atom. The van der Waals surface area contributed by atoms with Crippen molar-refractivity contribution in [1.82, 2.24) is 0 Å². The first-order valence-corrected chi connectivity index (χ1v) is 5.59. The number of fused-ring (bicyclic) bond motifs is 1. The van der Waals surface area contributed by atoms with Gasteiger partial charge in [0, 0.05) is 5.39 Å². The van der Waals surface area contributed by atoms with E-state index in [9.17, 15) is 4.79 Å². The number of anilines is 1. The van der Waals surface area contributed by atoms with Crippen molar-refractivity contribution < 1.29 is 9.53 Å². The molecule has 2 aromatic carbocycles. The van der Waals surface area contributed by atoms with E-state index < -0.39 is 0 Å². The summed E-state index contributed by atoms with van der Waals surface area (Å²) in [5.41, 5.74) is 8.09. The minimum Gasteiger partial charge on any atom is -0.462 e. The number of aryl methyl sites for hydroxylation is 1. The van der Waals surface area contributed by atoms with Crippen LogP contribution in [0.25, 0.3) is 10.8 Å². The molecule has 2 N–H and O–H groups in total. The maximum absolute atomic E-state index is 11.7. The lowest BCUT2D eigenvalue weighted by Crippen LogP contribution is -2.08. The number of rotatable bonds is 2. The number of esters is 1. The molecule has 0 unspecified atom stereocenters. The van der Waals surface area contributed by atoms with E-state index in [0.29, 0.717) is 17.9 Å². The molecule has 3 heteroatoms. The minimum atomic E-state index is -0.368. The summed E-state index contributed by atoms with van der Waals surface area (Å²) in [7, 11) is 0. The van der Waals surface area contributed by atoms with Gasteiger partial charge in [-0.15, -0.1) is 0 Å². The van der Waals surface area contributed by atoms with Crippen LogP contribution >= 0.6 is 0 Å². The van der Waals surface area contributed by atoms with E-state index in [2.05, 4.69) is 0 Å². The third-order valence-electron chi connectivity index (χ3n) is 2.71. The fraction of sp³-hybridized carbons (Fsp3) is 0.214. The van der Waals surface area contributed by atoms with Gasteiger partial charge in [0.25, 0.3) is 0 Å². The van der Waals surface area contributed by atoms with Gasteiger partial charge in [0.1, 0.15) is 0 Å². The first-order valence-electron chi connectivity index (χ1n) is 5.59. The Hall–Kier alpha value is -2.03. The summed E-state index contributed by atoms with van der Waals surface area (Å²) in [5.74, 6) is -0.368. The maximum Gasteiger partial charge on any atom is 0.340 e. The second kappa shape index (κ2) is 4.45. The van der Waals surface area contributed by atoms with E-state index in [1.54, 1.807) is 13.0 Å². The Morgan fingerprint density at radius 1 is 1.29 bits per heavy atom. The lowest BCUT2D eigenvalue weighted by atomic mass is 10.0. The highest BCUT2D eigenvalue weighted by Crippen LogP contribution is 2.26. The van der Waals surface area contributed by atoms with Gasteiger partial charge in [0.2, 0.25) is 0 Å². The molecule has 0 bridgehead atoms. The summed E-state index contributed by atoms with van der Waals surface area (Å²) < 4.78 is 4.96. The van der Waals surface area contributed by atoms with Crippen molar-refractivity contribution in [2.24, 2.45) is 0 Å². The quantitative estimate of drug-likeness (QED) is 0.636. The summed E-state index contributed by atoms with van der Waals surface area (Å²) in [6.45, 7) is 4.15. The highest BCUT2D eigenvalue weighted by atomic mass is 16.5. The van der Waals surface area contributed by atoms with Crippen LogP contribution in [0.5, 0.6) is 0 Å². The van der Waals surface area contributed by atoms with Crippen LogP contribution in [0.15, 0.2) is 30.3 Å². The molecule has 0 spiro atoms. The number of hydrogen-bond donors (Lipinski definition) is 1. The van der Waals surface area contributed by atoms with Gasteiger partial charge < -0.3 is 10.5 Å². The van der Waals surface area contributed by atoms with Gasteiger partial charge in [0.15, 0.2) is 0 Å². The smallest absolute Gasteiger partial charge is 0.340 e. The average Bonchev–Trinajstić information content (AvgIpc) is 2.29. The van der Waals surface area contributed by atoms with Gasteiger partial charge in [-0.25, -0.2) is 4.79 Å². The van der Waals surface area contributed by atoms with Gasteiger partial charge in [0.05, 0.1) is 17.9 Å². The number of ether oxygens (including phenoxy) is 1. The largest absolute Gasteiger partial charge is 0.462 e. The Labute approximate surface area is 100 Å². The second-order valence-electron chi connectivity index (χ2n) is 3.97. The number of nitrogen functional groups attached to an aromatic ring is 1. The van der Waals surface area contributed by atoms with Crippen molar-refractivity contribution >= 4 is 22.4 Å². The van der Waals surface area contributed by atoms with Gasteiger partial charge in [-0.2, -0.15) is 0 Å². The number of benzene rings is 2. The zero-order valence-corrected chi connectivity index (χ0v) is 9.99. The standard InChI is InChI=1S/C14H15NO2/c1-3-17-14(16)12-7-5-10-8-9(2)4-6-11(10)13(12)15/h4-8H,3,15H2,1-2H3. The van der Waals surface area contributed by atoms with Gasteiger partial charge in [-0.1, -0.05) is 29.8 Å². The predicted molar refractivity (Wildman–Crippen MR) is 69.1 cm³/mol. The highest BCUT2D eigenvalue weighted by Gasteiger charge is 2.12. The third kappa shape index (κ3) is 2.09. The zero-order valence-electron chi connectivity index (χ0n) is 9.99. The summed E-state index contributed by atoms with van der Waals surface area (Å²) in [6.07, 6.45) is 0. The molecule has 2 rings (SSSR count). The molecule has 0 aliphatic rings. The van der Waals surface area contributed by atoms with E-state index in [0.717, 1.165) is 10.8 Å². The maximum atomic E-state index is 11.7. The molecule has 0 fully saturated rings. The Bertz CT molecular complexity index is 576. The lowest BCUT2D eigenvalue weighted by molar-refractivity contribution is 0.0528. The molecular formula is C14H15NO2. The van der Waals surface area contributed by atoms with Gasteiger partial charge in [-0.3, -0.25) is 0 Å². The fourth-order valence-electron chi connectivity index (χ4n) is 1.86. The van der Waals surface area contributed by atoms with Crippen LogP contribution in [0.1, 0.15) is 22.8 Å². The summed E-state index contributed by atoms with van der Waals surface area (Å²) in [6, 6.07) is 9.57. The molecule has 0 heterocycles. The molecule has 3 nitrogen and oxygen atoms in total. The van der Waals surface area contributed by atoms with E-state index in [4.69, 9.17) is 10.5 Å². The van der Waals surface area contributed by atoms with Crippen LogP contribution < -0.4 is 5.73 Å². The number of carbonyl (C=O) groups excluding carboxylic acids is 1. The van der Waals surface area contributed by atoms with E-state index in [1.165, 1.54) is 5.56 Å². The minimum absolute atomic E-state index is 0.351. The van der Waals surface area contributed by atoms with Crippen molar-refractivity contribution in [3.8, 4) is 0 Å². The van der Waals surface area contributed by atoms with Crippen LogP contribution in [-0.4, -0.2) is 12.6 Å². The molecule has 0 saturated heterocycles. The van der Waals surface area contributed by atoms with Crippen LogP contribution in [-0.2, 0) is 4.74 Å². The molecule has 0 aliphatic heterocycles. The summed E-state index contributed by atoms with van der Waals surface area (Å²) in [5, 5.41) is 1.93. The number of hydrogen-bond acceptors (Lipinski definition) is 3. The first kappa shape index (κ1) is 11.5. The van der Waals surface area contributed by atoms with Crippen molar-refractivity contribution in [3.05, 3.63) is 41.5 Å². The first-order chi connectivity index (χ1) is 8.13. The monoisotopic (exact) mass is 229 g/mol. The third-order valence-corrected chi connectivity index (χ3v) is 2.71. The molecule has 0 radical (unpaired) electrons. The van der Waals surface area contributed by atoms with Crippen LogP contribution in [0.2, 0.25) is 0 Å². The van der Waals surface area contributed by atoms with Gasteiger partial charge >= 0.3 is 5.97 Å². The normalized spacial score (nSPS) is 10.5. The molecule has 88 valence electrons. The topological polar surface area (TPSA) is 52.3 Å². The molecule has 0 atom stereocenters. The Morgan fingerprint density at radius 3 is 2.76 bits per heavy atom. The van der Waals surface area contributed by atoms with Crippen molar-refractivity contribution in [3.63, 3.8) is 0 Å². The molecule has 0 aliphatic carbocycles. The summed E-state index contributed by atoms with van der Waals surface area (Å²) >= 11 is 0. The van der Waals surface area contributed by atoms with E-state index in [1.807, 2.05) is 31.2 Å². The van der Waals surface area contributed by atoms with E-state index in [-0.39, 0.29) is 5.97 Å². The molecule has 0 aromatic heterocycles.